The van der Waals surface area contributed by atoms with Crippen molar-refractivity contribution in [2.45, 2.75) is 6.92 Å². The highest BCUT2D eigenvalue weighted by Gasteiger charge is 2.17. The van der Waals surface area contributed by atoms with Crippen LogP contribution >= 0.6 is 22.7 Å². The zero-order chi connectivity index (χ0) is 19.1. The lowest BCUT2D eigenvalue weighted by Gasteiger charge is -2.08. The molecule has 0 atom stereocenters. The molecular weight excluding hydrogens is 380 g/mol. The minimum Gasteiger partial charge on any atom is -0.494 e. The summed E-state index contributed by atoms with van der Waals surface area (Å²) in [7, 11) is 0. The maximum Gasteiger partial charge on any atom is 0.340 e. The van der Waals surface area contributed by atoms with Gasteiger partial charge in [0.2, 0.25) is 0 Å². The predicted molar refractivity (Wildman–Crippen MR) is 109 cm³/mol. The second-order valence-corrected chi connectivity index (χ2v) is 7.43. The van der Waals surface area contributed by atoms with Gasteiger partial charge in [-0.25, -0.2) is 4.79 Å². The van der Waals surface area contributed by atoms with Crippen LogP contribution in [-0.2, 0) is 9.53 Å². The average molecular weight is 399 g/mol. The van der Waals surface area contributed by atoms with Gasteiger partial charge >= 0.3 is 5.97 Å². The maximum absolute atomic E-state index is 12.6. The molecule has 0 unspecified atom stereocenters. The molecule has 3 aromatic rings. The van der Waals surface area contributed by atoms with Gasteiger partial charge in [0.25, 0.3) is 0 Å². The summed E-state index contributed by atoms with van der Waals surface area (Å²) in [4.78, 5) is 26.7. The summed E-state index contributed by atoms with van der Waals surface area (Å²) in [6, 6.07) is 14.4. The quantitative estimate of drug-likeness (QED) is 0.298. The fraction of sp³-hybridized carbons (Fsp3) is 0.143. The molecule has 0 saturated heterocycles. The van der Waals surface area contributed by atoms with Gasteiger partial charge in [-0.15, -0.1) is 22.7 Å². The van der Waals surface area contributed by atoms with Gasteiger partial charge in [0.05, 0.1) is 12.2 Å². The van der Waals surface area contributed by atoms with Crippen LogP contribution in [0, 0.1) is 0 Å². The summed E-state index contributed by atoms with van der Waals surface area (Å²) in [5.41, 5.74) is 0.929. The van der Waals surface area contributed by atoms with Crippen molar-refractivity contribution in [1.29, 1.82) is 0 Å². The first-order chi connectivity index (χ1) is 13.2. The minimum atomic E-state index is -0.509. The van der Waals surface area contributed by atoms with Crippen molar-refractivity contribution in [1.82, 2.24) is 0 Å². The Morgan fingerprint density at radius 1 is 1.00 bits per heavy atom. The number of hydrogen-bond donors (Lipinski definition) is 0. The van der Waals surface area contributed by atoms with Crippen molar-refractivity contribution in [3.63, 3.8) is 0 Å². The number of thiophene rings is 2. The molecular formula is C21H18O4S2. The smallest absolute Gasteiger partial charge is 0.340 e. The standard InChI is InChI=1S/C21H18O4S2/c1-2-24-16-9-7-15(8-10-16)19(22)14-25-21(23)18(20-6-4-12-27-20)13-17-5-3-11-26-17/h3-13H,2,14H2,1H3/b18-13+. The van der Waals surface area contributed by atoms with Crippen LogP contribution in [0.4, 0.5) is 0 Å². The van der Waals surface area contributed by atoms with E-state index in [0.717, 1.165) is 9.75 Å². The van der Waals surface area contributed by atoms with Gasteiger partial charge in [0, 0.05) is 15.3 Å². The number of Topliss-reactive ketones (excluding diaryl/α,β-unsaturated/α-hetero) is 1. The van der Waals surface area contributed by atoms with Crippen molar-refractivity contribution in [2.75, 3.05) is 13.2 Å². The van der Waals surface area contributed by atoms with Crippen LogP contribution in [0.15, 0.2) is 59.3 Å². The second kappa shape index (κ2) is 9.30. The van der Waals surface area contributed by atoms with Crippen LogP contribution in [-0.4, -0.2) is 25.0 Å². The molecule has 2 aromatic heterocycles. The van der Waals surface area contributed by atoms with Crippen LogP contribution < -0.4 is 4.74 Å². The molecule has 0 aliphatic heterocycles. The lowest BCUT2D eigenvalue weighted by atomic mass is 10.1. The molecule has 6 heteroatoms. The second-order valence-electron chi connectivity index (χ2n) is 5.51. The molecule has 0 aliphatic carbocycles. The summed E-state index contributed by atoms with van der Waals surface area (Å²) >= 11 is 2.99. The van der Waals surface area contributed by atoms with Crippen molar-refractivity contribution in [3.8, 4) is 5.75 Å². The fourth-order valence-electron chi connectivity index (χ4n) is 2.37. The van der Waals surface area contributed by atoms with Gasteiger partial charge in [-0.3, -0.25) is 4.79 Å². The highest BCUT2D eigenvalue weighted by atomic mass is 32.1. The van der Waals surface area contributed by atoms with Crippen LogP contribution in [0.3, 0.4) is 0 Å². The van der Waals surface area contributed by atoms with Crippen molar-refractivity contribution in [3.05, 3.63) is 74.6 Å². The molecule has 3 rings (SSSR count). The summed E-state index contributed by atoms with van der Waals surface area (Å²) in [6.45, 7) is 2.15. The fourth-order valence-corrected chi connectivity index (χ4v) is 3.76. The molecule has 0 saturated carbocycles. The Bertz CT molecular complexity index is 908. The first-order valence-corrected chi connectivity index (χ1v) is 10.2. The van der Waals surface area contributed by atoms with Crippen molar-refractivity contribution < 1.29 is 19.1 Å². The van der Waals surface area contributed by atoms with E-state index in [4.69, 9.17) is 9.47 Å². The predicted octanol–water partition coefficient (Wildman–Crippen LogP) is 5.18. The molecule has 138 valence electrons. The van der Waals surface area contributed by atoms with E-state index in [2.05, 4.69) is 0 Å². The molecule has 27 heavy (non-hydrogen) atoms. The van der Waals surface area contributed by atoms with Gasteiger partial charge < -0.3 is 9.47 Å². The Morgan fingerprint density at radius 2 is 1.74 bits per heavy atom. The van der Waals surface area contributed by atoms with Gasteiger partial charge in [0.1, 0.15) is 5.75 Å². The third kappa shape index (κ3) is 5.15. The highest BCUT2D eigenvalue weighted by molar-refractivity contribution is 7.12. The van der Waals surface area contributed by atoms with E-state index < -0.39 is 5.97 Å². The van der Waals surface area contributed by atoms with E-state index in [1.165, 1.54) is 22.7 Å². The largest absolute Gasteiger partial charge is 0.494 e. The van der Waals surface area contributed by atoms with Crippen LogP contribution in [0.1, 0.15) is 27.0 Å². The zero-order valence-corrected chi connectivity index (χ0v) is 16.3. The Labute approximate surface area is 165 Å². The molecule has 1 aromatic carbocycles. The van der Waals surface area contributed by atoms with Crippen LogP contribution in [0.2, 0.25) is 0 Å². The lowest BCUT2D eigenvalue weighted by molar-refractivity contribution is -0.135. The van der Waals surface area contributed by atoms with Crippen molar-refractivity contribution >= 4 is 46.1 Å². The molecule has 0 fully saturated rings. The number of rotatable bonds is 8. The summed E-state index contributed by atoms with van der Waals surface area (Å²) in [5.74, 6) is -0.0666. The third-order valence-electron chi connectivity index (χ3n) is 3.66. The van der Waals surface area contributed by atoms with Gasteiger partial charge in [-0.1, -0.05) is 12.1 Å². The van der Waals surface area contributed by atoms with Crippen LogP contribution in [0.5, 0.6) is 5.75 Å². The topological polar surface area (TPSA) is 52.6 Å². The number of benzene rings is 1. The van der Waals surface area contributed by atoms with E-state index >= 15 is 0 Å². The number of carbonyl (C=O) groups is 2. The van der Waals surface area contributed by atoms with Crippen molar-refractivity contribution in [2.24, 2.45) is 0 Å². The summed E-state index contributed by atoms with van der Waals surface area (Å²) in [6.07, 6.45) is 1.79. The van der Waals surface area contributed by atoms with E-state index in [1.807, 2.05) is 41.9 Å². The first kappa shape index (κ1) is 19.1. The number of ether oxygens (including phenoxy) is 2. The van der Waals surface area contributed by atoms with Gasteiger partial charge in [-0.05, 0) is 60.2 Å². The van der Waals surface area contributed by atoms with Crippen LogP contribution in [0.25, 0.3) is 11.6 Å². The van der Waals surface area contributed by atoms with E-state index in [-0.39, 0.29) is 12.4 Å². The molecule has 0 bridgehead atoms. The monoisotopic (exact) mass is 398 g/mol. The SMILES string of the molecule is CCOc1ccc(C(=O)COC(=O)/C(=C/c2cccs2)c2cccs2)cc1. The molecule has 4 nitrogen and oxygen atoms in total. The third-order valence-corrected chi connectivity index (χ3v) is 5.38. The highest BCUT2D eigenvalue weighted by Crippen LogP contribution is 2.26. The zero-order valence-electron chi connectivity index (χ0n) is 14.7. The molecule has 0 spiro atoms. The number of hydrogen-bond acceptors (Lipinski definition) is 6. The minimum absolute atomic E-state index is 0.256. The summed E-state index contributed by atoms with van der Waals surface area (Å²) in [5, 5.41) is 3.84. The number of esters is 1. The first-order valence-electron chi connectivity index (χ1n) is 8.39. The van der Waals surface area contributed by atoms with E-state index in [1.54, 1.807) is 30.3 Å². The Hall–Kier alpha value is -2.70. The number of carbonyl (C=O) groups excluding carboxylic acids is 2. The molecule has 2 heterocycles. The maximum atomic E-state index is 12.6. The Balaban J connectivity index is 1.68. The molecule has 0 N–H and O–H groups in total. The Morgan fingerprint density at radius 3 is 2.37 bits per heavy atom. The molecule has 0 amide bonds. The molecule has 0 radical (unpaired) electrons. The number of ketones is 1. The summed E-state index contributed by atoms with van der Waals surface area (Å²) < 4.78 is 10.7. The van der Waals surface area contributed by atoms with E-state index in [9.17, 15) is 9.59 Å². The van der Waals surface area contributed by atoms with Gasteiger partial charge in [-0.2, -0.15) is 0 Å². The molecule has 0 aliphatic rings. The van der Waals surface area contributed by atoms with E-state index in [0.29, 0.717) is 23.5 Å². The lowest BCUT2D eigenvalue weighted by Crippen LogP contribution is -2.15. The normalized spacial score (nSPS) is 11.2. The Kier molecular flexibility index (Phi) is 6.57. The van der Waals surface area contributed by atoms with Gasteiger partial charge in [0.15, 0.2) is 12.4 Å². The average Bonchev–Trinajstić information content (AvgIpc) is 3.38.